The zero-order valence-corrected chi connectivity index (χ0v) is 12.2. The van der Waals surface area contributed by atoms with Gasteiger partial charge in [0.25, 0.3) is 0 Å². The number of carbonyl (C=O) groups is 1. The van der Waals surface area contributed by atoms with E-state index >= 15 is 0 Å². The van der Waals surface area contributed by atoms with Crippen molar-refractivity contribution in [3.63, 3.8) is 0 Å². The molecule has 1 fully saturated rings. The Hall–Kier alpha value is -1.10. The molecule has 0 N–H and O–H groups in total. The van der Waals surface area contributed by atoms with Gasteiger partial charge in [-0.25, -0.2) is 4.79 Å². The van der Waals surface area contributed by atoms with Gasteiger partial charge in [-0.1, -0.05) is 18.2 Å². The van der Waals surface area contributed by atoms with Gasteiger partial charge in [0.2, 0.25) is 0 Å². The molecule has 20 heavy (non-hydrogen) atoms. The second kappa shape index (κ2) is 7.07. The number of fused-ring (bicyclic) bond motifs is 1. The number of cyclic esters (lactones) is 1. The summed E-state index contributed by atoms with van der Waals surface area (Å²) in [5, 5.41) is 0. The van der Waals surface area contributed by atoms with E-state index in [1.54, 1.807) is 0 Å². The molecule has 110 valence electrons. The van der Waals surface area contributed by atoms with Gasteiger partial charge in [-0.2, -0.15) is 0 Å². The van der Waals surface area contributed by atoms with Gasteiger partial charge in [0.15, 0.2) is 0 Å². The molecule has 0 saturated carbocycles. The maximum atomic E-state index is 11.7. The first-order valence-corrected chi connectivity index (χ1v) is 6.94. The first-order valence-electron chi connectivity index (χ1n) is 6.94. The van der Waals surface area contributed by atoms with Crippen LogP contribution in [0.1, 0.15) is 34.9 Å². The Morgan fingerprint density at radius 1 is 1.20 bits per heavy atom. The fourth-order valence-electron chi connectivity index (χ4n) is 2.76. The zero-order chi connectivity index (χ0) is 13.1. The van der Waals surface area contributed by atoms with E-state index in [0.29, 0.717) is 0 Å². The Morgan fingerprint density at radius 2 is 1.95 bits per heavy atom. The van der Waals surface area contributed by atoms with Crippen LogP contribution in [0.3, 0.4) is 0 Å². The Morgan fingerprint density at radius 3 is 2.75 bits per heavy atom. The van der Waals surface area contributed by atoms with Crippen LogP contribution >= 0.6 is 12.4 Å². The van der Waals surface area contributed by atoms with Crippen molar-refractivity contribution in [1.29, 1.82) is 0 Å². The number of ether oxygens (including phenoxy) is 2. The molecule has 0 amide bonds. The van der Waals surface area contributed by atoms with Gasteiger partial charge in [0.1, 0.15) is 6.10 Å². The third-order valence-electron chi connectivity index (χ3n) is 3.82. The normalized spacial score (nSPS) is 22.0. The standard InChI is InChI=1S/C15H19NO3.ClH/c17-15-13-5-2-1-4-12(13)14(19-15)6-3-7-16-8-10-18-11-9-16;/h1-2,4-5,14H,3,6-11H2;1H/t14-;/m1./s1. The molecule has 5 heteroatoms. The Bertz CT molecular complexity index is 460. The fraction of sp³-hybridized carbons (Fsp3) is 0.533. The molecular weight excluding hydrogens is 278 g/mol. The van der Waals surface area contributed by atoms with E-state index in [9.17, 15) is 4.79 Å². The van der Waals surface area contributed by atoms with Crippen LogP contribution in [0.25, 0.3) is 0 Å². The highest BCUT2D eigenvalue weighted by atomic mass is 35.5. The van der Waals surface area contributed by atoms with Crippen molar-refractivity contribution in [2.75, 3.05) is 32.8 Å². The van der Waals surface area contributed by atoms with Crippen LogP contribution in [0.2, 0.25) is 0 Å². The average Bonchev–Trinajstić information content (AvgIpc) is 2.78. The van der Waals surface area contributed by atoms with Crippen LogP contribution in [-0.4, -0.2) is 43.7 Å². The molecule has 0 spiro atoms. The largest absolute Gasteiger partial charge is 0.454 e. The maximum Gasteiger partial charge on any atom is 0.339 e. The van der Waals surface area contributed by atoms with Crippen LogP contribution in [0.15, 0.2) is 24.3 Å². The molecule has 2 heterocycles. The van der Waals surface area contributed by atoms with Gasteiger partial charge in [-0.3, -0.25) is 4.90 Å². The number of hydrogen-bond acceptors (Lipinski definition) is 4. The van der Waals surface area contributed by atoms with Crippen LogP contribution in [0.5, 0.6) is 0 Å². The van der Waals surface area contributed by atoms with E-state index in [0.717, 1.165) is 56.8 Å². The summed E-state index contributed by atoms with van der Waals surface area (Å²) < 4.78 is 10.8. The summed E-state index contributed by atoms with van der Waals surface area (Å²) in [7, 11) is 0. The lowest BCUT2D eigenvalue weighted by atomic mass is 10.0. The molecule has 1 saturated heterocycles. The number of rotatable bonds is 4. The lowest BCUT2D eigenvalue weighted by Crippen LogP contribution is -2.36. The monoisotopic (exact) mass is 297 g/mol. The zero-order valence-electron chi connectivity index (χ0n) is 11.4. The summed E-state index contributed by atoms with van der Waals surface area (Å²) >= 11 is 0. The van der Waals surface area contributed by atoms with Gasteiger partial charge in [0, 0.05) is 18.7 Å². The van der Waals surface area contributed by atoms with Gasteiger partial charge < -0.3 is 9.47 Å². The summed E-state index contributed by atoms with van der Waals surface area (Å²) in [6.45, 7) is 4.75. The molecular formula is C15H20ClNO3. The summed E-state index contributed by atoms with van der Waals surface area (Å²) in [5.74, 6) is -0.174. The minimum atomic E-state index is -0.174. The molecule has 0 aliphatic carbocycles. The highest BCUT2D eigenvalue weighted by Gasteiger charge is 2.29. The van der Waals surface area contributed by atoms with Gasteiger partial charge in [-0.05, 0) is 25.5 Å². The molecule has 3 rings (SSSR count). The van der Waals surface area contributed by atoms with E-state index in [-0.39, 0.29) is 24.5 Å². The SMILES string of the molecule is Cl.O=C1O[C@H](CCCN2CCOCC2)c2ccccc21. The van der Waals surface area contributed by atoms with E-state index in [1.165, 1.54) is 0 Å². The molecule has 1 aromatic rings. The van der Waals surface area contributed by atoms with Gasteiger partial charge in [0.05, 0.1) is 18.8 Å². The van der Waals surface area contributed by atoms with Crippen LogP contribution < -0.4 is 0 Å². The van der Waals surface area contributed by atoms with E-state index in [1.807, 2.05) is 24.3 Å². The number of hydrogen-bond donors (Lipinski definition) is 0. The van der Waals surface area contributed by atoms with Crippen molar-refractivity contribution in [2.45, 2.75) is 18.9 Å². The van der Waals surface area contributed by atoms with E-state index < -0.39 is 0 Å². The molecule has 2 aliphatic rings. The molecule has 0 aromatic heterocycles. The molecule has 1 atom stereocenters. The van der Waals surface area contributed by atoms with Crippen LogP contribution in [-0.2, 0) is 9.47 Å². The molecule has 0 unspecified atom stereocenters. The second-order valence-electron chi connectivity index (χ2n) is 5.08. The predicted molar refractivity (Wildman–Crippen MR) is 78.3 cm³/mol. The highest BCUT2D eigenvalue weighted by molar-refractivity contribution is 5.93. The van der Waals surface area contributed by atoms with Gasteiger partial charge >= 0.3 is 5.97 Å². The van der Waals surface area contributed by atoms with Crippen molar-refractivity contribution in [1.82, 2.24) is 4.90 Å². The smallest absolute Gasteiger partial charge is 0.339 e. The number of esters is 1. The Labute approximate surface area is 125 Å². The van der Waals surface area contributed by atoms with Crippen molar-refractivity contribution >= 4 is 18.4 Å². The van der Waals surface area contributed by atoms with Crippen molar-refractivity contribution in [3.8, 4) is 0 Å². The number of morpholine rings is 1. The third-order valence-corrected chi connectivity index (χ3v) is 3.82. The van der Waals surface area contributed by atoms with E-state index in [4.69, 9.17) is 9.47 Å². The molecule has 2 aliphatic heterocycles. The highest BCUT2D eigenvalue weighted by Crippen LogP contribution is 2.33. The third kappa shape index (κ3) is 3.32. The van der Waals surface area contributed by atoms with Crippen LogP contribution in [0.4, 0.5) is 0 Å². The average molecular weight is 298 g/mol. The lowest BCUT2D eigenvalue weighted by Gasteiger charge is -2.26. The maximum absolute atomic E-state index is 11.7. The predicted octanol–water partition coefficient (Wildman–Crippen LogP) is 2.43. The molecule has 1 aromatic carbocycles. The number of nitrogens with zero attached hydrogens (tertiary/aromatic N) is 1. The topological polar surface area (TPSA) is 38.8 Å². The summed E-state index contributed by atoms with van der Waals surface area (Å²) in [6.07, 6.45) is 1.90. The van der Waals surface area contributed by atoms with E-state index in [2.05, 4.69) is 4.90 Å². The first kappa shape index (κ1) is 15.3. The number of halogens is 1. The van der Waals surface area contributed by atoms with Gasteiger partial charge in [-0.15, -0.1) is 12.4 Å². The minimum Gasteiger partial charge on any atom is -0.454 e. The lowest BCUT2D eigenvalue weighted by molar-refractivity contribution is 0.0281. The Kier molecular flexibility index (Phi) is 5.40. The molecule has 0 bridgehead atoms. The quantitative estimate of drug-likeness (QED) is 0.800. The molecule has 4 nitrogen and oxygen atoms in total. The summed E-state index contributed by atoms with van der Waals surface area (Å²) in [5.41, 5.74) is 1.79. The molecule has 0 radical (unpaired) electrons. The summed E-state index contributed by atoms with van der Waals surface area (Å²) in [4.78, 5) is 14.1. The minimum absolute atomic E-state index is 0. The van der Waals surface area contributed by atoms with Crippen molar-refractivity contribution in [3.05, 3.63) is 35.4 Å². The fourth-order valence-corrected chi connectivity index (χ4v) is 2.76. The second-order valence-corrected chi connectivity index (χ2v) is 5.08. The van der Waals surface area contributed by atoms with Crippen molar-refractivity contribution < 1.29 is 14.3 Å². The number of benzene rings is 1. The van der Waals surface area contributed by atoms with Crippen molar-refractivity contribution in [2.24, 2.45) is 0 Å². The number of carbonyl (C=O) groups excluding carboxylic acids is 1. The Balaban J connectivity index is 0.00000147. The summed E-state index contributed by atoms with van der Waals surface area (Å²) in [6, 6.07) is 7.70. The van der Waals surface area contributed by atoms with Crippen LogP contribution in [0, 0.1) is 0 Å². The first-order chi connectivity index (χ1) is 9.34.